The number of anilines is 1. The SMILES string of the molecule is NC(=O)c1cc(NC2CCc3ccccc3C2)ccc1Cl. The molecular weight excluding hydrogens is 284 g/mol. The Bertz CT molecular complexity index is 684. The number of nitrogens with two attached hydrogens (primary N) is 1. The van der Waals surface area contributed by atoms with Crippen LogP contribution in [0.5, 0.6) is 0 Å². The molecule has 0 saturated heterocycles. The third-order valence-corrected chi connectivity index (χ3v) is 4.28. The molecule has 0 saturated carbocycles. The molecule has 21 heavy (non-hydrogen) atoms. The molecule has 1 aliphatic rings. The lowest BCUT2D eigenvalue weighted by atomic mass is 9.88. The molecule has 0 aliphatic heterocycles. The Labute approximate surface area is 129 Å². The summed E-state index contributed by atoms with van der Waals surface area (Å²) in [6.45, 7) is 0. The van der Waals surface area contributed by atoms with Crippen LogP contribution in [0.1, 0.15) is 27.9 Å². The van der Waals surface area contributed by atoms with Crippen LogP contribution in [0.3, 0.4) is 0 Å². The van der Waals surface area contributed by atoms with E-state index in [-0.39, 0.29) is 0 Å². The van der Waals surface area contributed by atoms with Gasteiger partial charge in [0, 0.05) is 11.7 Å². The zero-order valence-electron chi connectivity index (χ0n) is 11.6. The van der Waals surface area contributed by atoms with Crippen LogP contribution in [0.15, 0.2) is 42.5 Å². The monoisotopic (exact) mass is 300 g/mol. The summed E-state index contributed by atoms with van der Waals surface area (Å²) in [5, 5.41) is 3.87. The fourth-order valence-electron chi connectivity index (χ4n) is 2.86. The van der Waals surface area contributed by atoms with E-state index in [2.05, 4.69) is 29.6 Å². The Hall–Kier alpha value is -2.00. The van der Waals surface area contributed by atoms with Gasteiger partial charge in [-0.1, -0.05) is 35.9 Å². The van der Waals surface area contributed by atoms with Gasteiger partial charge in [0.25, 0.3) is 0 Å². The quantitative estimate of drug-likeness (QED) is 0.912. The summed E-state index contributed by atoms with van der Waals surface area (Å²) < 4.78 is 0. The van der Waals surface area contributed by atoms with Gasteiger partial charge >= 0.3 is 0 Å². The highest BCUT2D eigenvalue weighted by Gasteiger charge is 2.18. The molecule has 3 N–H and O–H groups in total. The molecule has 0 radical (unpaired) electrons. The summed E-state index contributed by atoms with van der Waals surface area (Å²) in [4.78, 5) is 11.3. The lowest BCUT2D eigenvalue weighted by molar-refractivity contribution is 0.100. The highest BCUT2D eigenvalue weighted by molar-refractivity contribution is 6.33. The van der Waals surface area contributed by atoms with Crippen LogP contribution in [0.25, 0.3) is 0 Å². The smallest absolute Gasteiger partial charge is 0.250 e. The van der Waals surface area contributed by atoms with Crippen molar-refractivity contribution in [2.75, 3.05) is 5.32 Å². The van der Waals surface area contributed by atoms with Crippen molar-refractivity contribution in [3.05, 3.63) is 64.2 Å². The molecule has 1 aliphatic carbocycles. The third-order valence-electron chi connectivity index (χ3n) is 3.95. The maximum Gasteiger partial charge on any atom is 0.250 e. The summed E-state index contributed by atoms with van der Waals surface area (Å²) >= 11 is 5.97. The van der Waals surface area contributed by atoms with Gasteiger partial charge in [0.2, 0.25) is 5.91 Å². The van der Waals surface area contributed by atoms with Crippen molar-refractivity contribution in [2.24, 2.45) is 5.73 Å². The second-order valence-electron chi connectivity index (χ2n) is 5.41. The second kappa shape index (κ2) is 5.78. The van der Waals surface area contributed by atoms with Gasteiger partial charge in [-0.3, -0.25) is 4.79 Å². The first-order valence-electron chi connectivity index (χ1n) is 7.06. The van der Waals surface area contributed by atoms with Crippen LogP contribution in [-0.4, -0.2) is 11.9 Å². The van der Waals surface area contributed by atoms with Crippen LogP contribution in [-0.2, 0) is 12.8 Å². The Morgan fingerprint density at radius 1 is 1.19 bits per heavy atom. The van der Waals surface area contributed by atoms with Gasteiger partial charge in [-0.15, -0.1) is 0 Å². The van der Waals surface area contributed by atoms with Gasteiger partial charge in [-0.2, -0.15) is 0 Å². The fourth-order valence-corrected chi connectivity index (χ4v) is 3.07. The number of fused-ring (bicyclic) bond motifs is 1. The maximum atomic E-state index is 11.3. The normalized spacial score (nSPS) is 17.1. The predicted octanol–water partition coefficient (Wildman–Crippen LogP) is 3.41. The van der Waals surface area contributed by atoms with Gasteiger partial charge in [-0.05, 0) is 48.6 Å². The zero-order chi connectivity index (χ0) is 14.8. The van der Waals surface area contributed by atoms with E-state index in [4.69, 9.17) is 17.3 Å². The van der Waals surface area contributed by atoms with Crippen molar-refractivity contribution in [2.45, 2.75) is 25.3 Å². The Morgan fingerprint density at radius 2 is 1.95 bits per heavy atom. The summed E-state index contributed by atoms with van der Waals surface area (Å²) in [5.41, 5.74) is 9.40. The number of hydrogen-bond donors (Lipinski definition) is 2. The van der Waals surface area contributed by atoms with E-state index in [1.54, 1.807) is 12.1 Å². The standard InChI is InChI=1S/C17H17ClN2O/c18-16-8-7-14(10-15(16)17(19)21)20-13-6-5-11-3-1-2-4-12(11)9-13/h1-4,7-8,10,13,20H,5-6,9H2,(H2,19,21). The fraction of sp³-hybridized carbons (Fsp3) is 0.235. The van der Waals surface area contributed by atoms with Crippen molar-refractivity contribution < 1.29 is 4.79 Å². The molecule has 0 bridgehead atoms. The van der Waals surface area contributed by atoms with E-state index in [9.17, 15) is 4.79 Å². The van der Waals surface area contributed by atoms with Crippen molar-refractivity contribution in [1.29, 1.82) is 0 Å². The van der Waals surface area contributed by atoms with Crippen LogP contribution in [0.4, 0.5) is 5.69 Å². The number of nitrogens with one attached hydrogen (secondary N) is 1. The van der Waals surface area contributed by atoms with E-state index >= 15 is 0 Å². The molecule has 2 aromatic rings. The molecular formula is C17H17ClN2O. The summed E-state index contributed by atoms with van der Waals surface area (Å²) in [5.74, 6) is -0.502. The van der Waals surface area contributed by atoms with Crippen molar-refractivity contribution in [3.8, 4) is 0 Å². The first kappa shape index (κ1) is 14.0. The second-order valence-corrected chi connectivity index (χ2v) is 5.82. The molecule has 1 atom stereocenters. The molecule has 1 amide bonds. The first-order valence-corrected chi connectivity index (χ1v) is 7.44. The number of carbonyl (C=O) groups is 1. The van der Waals surface area contributed by atoms with Crippen molar-refractivity contribution in [3.63, 3.8) is 0 Å². The number of amides is 1. The lowest BCUT2D eigenvalue weighted by Gasteiger charge is -2.26. The van der Waals surface area contributed by atoms with Crippen LogP contribution in [0, 0.1) is 0 Å². The zero-order valence-corrected chi connectivity index (χ0v) is 12.4. The van der Waals surface area contributed by atoms with Gasteiger partial charge in [0.1, 0.15) is 0 Å². The Morgan fingerprint density at radius 3 is 2.71 bits per heavy atom. The van der Waals surface area contributed by atoms with E-state index in [0.717, 1.165) is 24.9 Å². The topological polar surface area (TPSA) is 55.1 Å². The minimum Gasteiger partial charge on any atom is -0.382 e. The van der Waals surface area contributed by atoms with Gasteiger partial charge in [-0.25, -0.2) is 0 Å². The maximum absolute atomic E-state index is 11.3. The molecule has 1 unspecified atom stereocenters. The molecule has 108 valence electrons. The van der Waals surface area contributed by atoms with E-state index < -0.39 is 5.91 Å². The highest BCUT2D eigenvalue weighted by Crippen LogP contribution is 2.25. The van der Waals surface area contributed by atoms with Crippen LogP contribution in [0.2, 0.25) is 5.02 Å². The average molecular weight is 301 g/mol. The number of benzene rings is 2. The van der Waals surface area contributed by atoms with Crippen LogP contribution >= 0.6 is 11.6 Å². The lowest BCUT2D eigenvalue weighted by Crippen LogP contribution is -2.27. The van der Waals surface area contributed by atoms with Gasteiger partial charge in [0.05, 0.1) is 10.6 Å². The van der Waals surface area contributed by atoms with E-state index in [0.29, 0.717) is 16.6 Å². The average Bonchev–Trinajstić information content (AvgIpc) is 2.49. The van der Waals surface area contributed by atoms with Gasteiger partial charge < -0.3 is 11.1 Å². The van der Waals surface area contributed by atoms with E-state index in [1.165, 1.54) is 11.1 Å². The summed E-state index contributed by atoms with van der Waals surface area (Å²) in [6.07, 6.45) is 3.14. The number of carbonyl (C=O) groups excluding carboxylic acids is 1. The molecule has 4 heteroatoms. The molecule has 2 aromatic carbocycles. The largest absolute Gasteiger partial charge is 0.382 e. The minimum atomic E-state index is -0.502. The van der Waals surface area contributed by atoms with Gasteiger partial charge in [0.15, 0.2) is 0 Å². The Balaban J connectivity index is 1.76. The first-order chi connectivity index (χ1) is 10.1. The van der Waals surface area contributed by atoms with Crippen LogP contribution < -0.4 is 11.1 Å². The third kappa shape index (κ3) is 3.03. The van der Waals surface area contributed by atoms with Crippen molar-refractivity contribution >= 4 is 23.2 Å². The Kier molecular flexibility index (Phi) is 3.84. The molecule has 3 rings (SSSR count). The number of primary amides is 1. The molecule has 0 aromatic heterocycles. The predicted molar refractivity (Wildman–Crippen MR) is 85.8 cm³/mol. The molecule has 0 heterocycles. The number of halogens is 1. The highest BCUT2D eigenvalue weighted by atomic mass is 35.5. The molecule has 0 spiro atoms. The number of rotatable bonds is 3. The number of hydrogen-bond acceptors (Lipinski definition) is 2. The molecule has 3 nitrogen and oxygen atoms in total. The molecule has 0 fully saturated rings. The summed E-state index contributed by atoms with van der Waals surface area (Å²) in [6, 6.07) is 14.2. The minimum absolute atomic E-state index is 0.359. The number of aryl methyl sites for hydroxylation is 1. The summed E-state index contributed by atoms with van der Waals surface area (Å²) in [7, 11) is 0. The van der Waals surface area contributed by atoms with E-state index in [1.807, 2.05) is 6.07 Å². The van der Waals surface area contributed by atoms with Crippen molar-refractivity contribution in [1.82, 2.24) is 0 Å².